The lowest BCUT2D eigenvalue weighted by atomic mass is 10.5. The second kappa shape index (κ2) is 2.36. The molecule has 0 spiro atoms. The zero-order chi connectivity index (χ0) is 7.68. The number of fused-ring (bicyclic) bond motifs is 1. The lowest BCUT2D eigenvalue weighted by molar-refractivity contribution is 1.16. The molecular formula is C8H8N3-. The van der Waals surface area contributed by atoms with Gasteiger partial charge in [-0.25, -0.2) is 4.98 Å². The third-order valence-electron chi connectivity index (χ3n) is 1.59. The van der Waals surface area contributed by atoms with Crippen molar-refractivity contribution in [1.82, 2.24) is 9.38 Å². The predicted molar refractivity (Wildman–Crippen MR) is 43.2 cm³/mol. The van der Waals surface area contributed by atoms with Gasteiger partial charge in [0.1, 0.15) is 5.65 Å². The van der Waals surface area contributed by atoms with E-state index < -0.39 is 0 Å². The molecule has 0 atom stereocenters. The van der Waals surface area contributed by atoms with Gasteiger partial charge in [-0.15, -0.1) is 6.54 Å². The van der Waals surface area contributed by atoms with Crippen LogP contribution in [0.1, 0.15) is 5.69 Å². The van der Waals surface area contributed by atoms with E-state index in [1.54, 1.807) is 0 Å². The molecule has 2 aromatic rings. The Labute approximate surface area is 64.5 Å². The fraction of sp³-hybridized carbons (Fsp3) is 0.125. The van der Waals surface area contributed by atoms with Gasteiger partial charge in [-0.2, -0.15) is 0 Å². The van der Waals surface area contributed by atoms with Crippen molar-refractivity contribution in [2.24, 2.45) is 0 Å². The molecule has 0 radical (unpaired) electrons. The first kappa shape index (κ1) is 6.37. The first-order chi connectivity index (χ1) is 5.40. The maximum Gasteiger partial charge on any atom is 0.136 e. The Morgan fingerprint density at radius 1 is 1.45 bits per heavy atom. The van der Waals surface area contributed by atoms with Crippen molar-refractivity contribution in [1.29, 1.82) is 0 Å². The van der Waals surface area contributed by atoms with Gasteiger partial charge in [0, 0.05) is 18.1 Å². The number of imidazole rings is 1. The lowest BCUT2D eigenvalue weighted by Gasteiger charge is -1.89. The van der Waals surface area contributed by atoms with E-state index >= 15 is 0 Å². The fourth-order valence-electron chi connectivity index (χ4n) is 1.07. The highest BCUT2D eigenvalue weighted by atomic mass is 15.0. The largest absolute Gasteiger partial charge is 0.672 e. The minimum atomic E-state index is 0.252. The lowest BCUT2D eigenvalue weighted by Crippen LogP contribution is -1.77. The number of pyridine rings is 1. The topological polar surface area (TPSA) is 41.1 Å². The Kier molecular flexibility index (Phi) is 1.36. The summed E-state index contributed by atoms with van der Waals surface area (Å²) in [6, 6.07) is 5.82. The number of rotatable bonds is 1. The molecule has 0 saturated heterocycles. The monoisotopic (exact) mass is 146 g/mol. The summed E-state index contributed by atoms with van der Waals surface area (Å²) in [5.74, 6) is 0. The zero-order valence-electron chi connectivity index (χ0n) is 5.99. The Balaban J connectivity index is 2.69. The van der Waals surface area contributed by atoms with E-state index in [-0.39, 0.29) is 6.54 Å². The van der Waals surface area contributed by atoms with Crippen molar-refractivity contribution >= 4 is 5.65 Å². The van der Waals surface area contributed by atoms with Gasteiger partial charge in [-0.05, 0) is 12.1 Å². The number of nitrogens with one attached hydrogen (secondary N) is 1. The summed E-state index contributed by atoms with van der Waals surface area (Å²) in [6.45, 7) is 0.252. The maximum absolute atomic E-state index is 7.10. The standard InChI is InChI=1S/C8H8N3/c9-5-7-6-11-4-2-1-3-8(11)10-7/h1-4,6,9H,5H2/q-1. The number of nitrogens with zero attached hydrogens (tertiary/aromatic N) is 2. The summed E-state index contributed by atoms with van der Waals surface area (Å²) in [6.07, 6.45) is 3.81. The van der Waals surface area contributed by atoms with Crippen LogP contribution in [-0.4, -0.2) is 9.38 Å². The average Bonchev–Trinajstić information content (AvgIpc) is 2.46. The summed E-state index contributed by atoms with van der Waals surface area (Å²) < 4.78 is 1.92. The van der Waals surface area contributed by atoms with Crippen molar-refractivity contribution in [3.8, 4) is 0 Å². The predicted octanol–water partition coefficient (Wildman–Crippen LogP) is 1.89. The van der Waals surface area contributed by atoms with Gasteiger partial charge in [0.2, 0.25) is 0 Å². The molecule has 0 fully saturated rings. The summed E-state index contributed by atoms with van der Waals surface area (Å²) in [4.78, 5) is 4.21. The second-order valence-electron chi connectivity index (χ2n) is 2.38. The van der Waals surface area contributed by atoms with Crippen LogP contribution in [0.2, 0.25) is 0 Å². The Bertz CT molecular complexity index is 331. The first-order valence-electron chi connectivity index (χ1n) is 3.47. The van der Waals surface area contributed by atoms with Crippen LogP contribution in [0.5, 0.6) is 0 Å². The molecule has 0 aromatic carbocycles. The quantitative estimate of drug-likeness (QED) is 0.605. The van der Waals surface area contributed by atoms with Crippen molar-refractivity contribution < 1.29 is 0 Å². The number of hydrogen-bond acceptors (Lipinski definition) is 1. The van der Waals surface area contributed by atoms with E-state index in [1.807, 2.05) is 35.0 Å². The third kappa shape index (κ3) is 0.991. The summed E-state index contributed by atoms with van der Waals surface area (Å²) in [5.41, 5.74) is 8.83. The molecule has 0 bridgehead atoms. The SMILES string of the molecule is [NH-]Cc1cn2ccccc2n1. The molecule has 0 unspecified atom stereocenters. The molecule has 1 N–H and O–H groups in total. The smallest absolute Gasteiger partial charge is 0.136 e. The van der Waals surface area contributed by atoms with Gasteiger partial charge < -0.3 is 10.1 Å². The van der Waals surface area contributed by atoms with Crippen molar-refractivity contribution in [3.63, 3.8) is 0 Å². The van der Waals surface area contributed by atoms with E-state index in [9.17, 15) is 0 Å². The zero-order valence-corrected chi connectivity index (χ0v) is 5.99. The van der Waals surface area contributed by atoms with Gasteiger partial charge in [0.05, 0.1) is 0 Å². The van der Waals surface area contributed by atoms with Gasteiger partial charge in [0.25, 0.3) is 0 Å². The summed E-state index contributed by atoms with van der Waals surface area (Å²) in [5, 5.41) is 0. The molecule has 3 heteroatoms. The van der Waals surface area contributed by atoms with Crippen LogP contribution in [-0.2, 0) is 6.54 Å². The Morgan fingerprint density at radius 2 is 2.36 bits per heavy atom. The van der Waals surface area contributed by atoms with E-state index in [2.05, 4.69) is 4.98 Å². The third-order valence-corrected chi connectivity index (χ3v) is 1.59. The molecule has 2 aromatic heterocycles. The van der Waals surface area contributed by atoms with Crippen LogP contribution in [0.3, 0.4) is 0 Å². The molecule has 0 aliphatic heterocycles. The van der Waals surface area contributed by atoms with Gasteiger partial charge in [0.15, 0.2) is 0 Å². The summed E-state index contributed by atoms with van der Waals surface area (Å²) >= 11 is 0. The molecule has 2 rings (SSSR count). The average molecular weight is 146 g/mol. The van der Waals surface area contributed by atoms with Crippen LogP contribution in [0, 0.1) is 0 Å². The van der Waals surface area contributed by atoms with Crippen molar-refractivity contribution in [3.05, 3.63) is 42.0 Å². The summed E-state index contributed by atoms with van der Waals surface area (Å²) in [7, 11) is 0. The van der Waals surface area contributed by atoms with E-state index in [0.29, 0.717) is 0 Å². The highest BCUT2D eigenvalue weighted by Gasteiger charge is 1.93. The van der Waals surface area contributed by atoms with Gasteiger partial charge in [-0.3, -0.25) is 0 Å². The highest BCUT2D eigenvalue weighted by molar-refractivity contribution is 5.39. The van der Waals surface area contributed by atoms with Crippen LogP contribution >= 0.6 is 0 Å². The van der Waals surface area contributed by atoms with Crippen LogP contribution < -0.4 is 0 Å². The van der Waals surface area contributed by atoms with E-state index in [4.69, 9.17) is 5.73 Å². The minimum absolute atomic E-state index is 0.252. The molecule has 56 valence electrons. The first-order valence-corrected chi connectivity index (χ1v) is 3.47. The van der Waals surface area contributed by atoms with Crippen LogP contribution in [0.15, 0.2) is 30.6 Å². The maximum atomic E-state index is 7.10. The molecule has 11 heavy (non-hydrogen) atoms. The van der Waals surface area contributed by atoms with Crippen molar-refractivity contribution in [2.75, 3.05) is 0 Å². The minimum Gasteiger partial charge on any atom is -0.672 e. The Hall–Kier alpha value is -1.35. The molecular weight excluding hydrogens is 138 g/mol. The molecule has 2 heterocycles. The molecule has 0 aliphatic rings. The Morgan fingerprint density at radius 3 is 3.09 bits per heavy atom. The molecule has 0 aliphatic carbocycles. The van der Waals surface area contributed by atoms with Crippen LogP contribution in [0.4, 0.5) is 0 Å². The van der Waals surface area contributed by atoms with E-state index in [1.165, 1.54) is 0 Å². The molecule has 3 nitrogen and oxygen atoms in total. The number of hydrogen-bond donors (Lipinski definition) is 0. The second-order valence-corrected chi connectivity index (χ2v) is 2.38. The normalized spacial score (nSPS) is 10.6. The fourth-order valence-corrected chi connectivity index (χ4v) is 1.07. The van der Waals surface area contributed by atoms with Gasteiger partial charge >= 0.3 is 0 Å². The molecule has 0 saturated carbocycles. The van der Waals surface area contributed by atoms with Crippen molar-refractivity contribution in [2.45, 2.75) is 6.54 Å². The van der Waals surface area contributed by atoms with Crippen LogP contribution in [0.25, 0.3) is 11.4 Å². The number of aromatic nitrogens is 2. The van der Waals surface area contributed by atoms with Gasteiger partial charge in [-0.1, -0.05) is 6.07 Å². The highest BCUT2D eigenvalue weighted by Crippen LogP contribution is 2.04. The molecule has 0 amide bonds. The van der Waals surface area contributed by atoms with E-state index in [0.717, 1.165) is 11.3 Å².